The molecule has 2 saturated heterocycles. The van der Waals surface area contributed by atoms with Crippen LogP contribution in [-0.4, -0.2) is 45.3 Å². The lowest BCUT2D eigenvalue weighted by atomic mass is 10.2. The Morgan fingerprint density at radius 2 is 1.77 bits per heavy atom. The average Bonchev–Trinajstić information content (AvgIpc) is 2.11. The van der Waals surface area contributed by atoms with Crippen molar-refractivity contribution >= 4 is 0 Å². The van der Waals surface area contributed by atoms with Gasteiger partial charge in [-0.05, 0) is 12.8 Å². The maximum Gasteiger partial charge on any atom is 0.147 e. The molecule has 13 heavy (non-hydrogen) atoms. The molecular formula is C9H17NO3. The van der Waals surface area contributed by atoms with Crippen molar-refractivity contribution in [3.8, 4) is 0 Å². The molecule has 0 aromatic carbocycles. The second-order valence-electron chi connectivity index (χ2n) is 3.54. The zero-order chi connectivity index (χ0) is 8.93. The Hall–Kier alpha value is -0.160. The first-order chi connectivity index (χ1) is 6.45. The summed E-state index contributed by atoms with van der Waals surface area (Å²) in [5.74, 6) is 0. The van der Waals surface area contributed by atoms with Crippen LogP contribution in [0.3, 0.4) is 0 Å². The van der Waals surface area contributed by atoms with Crippen LogP contribution in [0, 0.1) is 0 Å². The largest absolute Gasteiger partial charge is 0.381 e. The summed E-state index contributed by atoms with van der Waals surface area (Å²) in [5.41, 5.74) is 0. The maximum absolute atomic E-state index is 5.56. The lowest BCUT2D eigenvalue weighted by Gasteiger charge is -2.28. The Kier molecular flexibility index (Phi) is 3.55. The fraction of sp³-hybridized carbons (Fsp3) is 1.00. The molecule has 2 rings (SSSR count). The van der Waals surface area contributed by atoms with Crippen molar-refractivity contribution in [1.82, 2.24) is 5.32 Å². The van der Waals surface area contributed by atoms with Crippen molar-refractivity contribution in [2.75, 3.05) is 33.1 Å². The predicted molar refractivity (Wildman–Crippen MR) is 47.5 cm³/mol. The predicted octanol–water partition coefficient (Wildman–Crippen LogP) is 0.128. The van der Waals surface area contributed by atoms with Gasteiger partial charge < -0.3 is 19.5 Å². The van der Waals surface area contributed by atoms with Crippen LogP contribution in [0.25, 0.3) is 0 Å². The van der Waals surface area contributed by atoms with Crippen LogP contribution in [-0.2, 0) is 14.2 Å². The molecule has 0 radical (unpaired) electrons. The van der Waals surface area contributed by atoms with E-state index in [1.165, 1.54) is 0 Å². The second-order valence-corrected chi connectivity index (χ2v) is 3.54. The highest BCUT2D eigenvalue weighted by molar-refractivity contribution is 4.74. The number of hydrogen-bond acceptors (Lipinski definition) is 4. The first-order valence-electron chi connectivity index (χ1n) is 4.97. The summed E-state index contributed by atoms with van der Waals surface area (Å²) in [6.07, 6.45) is 2.74. The highest BCUT2D eigenvalue weighted by Gasteiger charge is 2.18. The topological polar surface area (TPSA) is 39.7 Å². The molecule has 76 valence electrons. The van der Waals surface area contributed by atoms with Crippen molar-refractivity contribution < 1.29 is 14.2 Å². The molecule has 4 nitrogen and oxygen atoms in total. The van der Waals surface area contributed by atoms with E-state index in [0.29, 0.717) is 19.0 Å². The van der Waals surface area contributed by atoms with Gasteiger partial charge in [-0.1, -0.05) is 0 Å². The molecule has 0 atom stereocenters. The van der Waals surface area contributed by atoms with Gasteiger partial charge in [-0.15, -0.1) is 0 Å². The van der Waals surface area contributed by atoms with Crippen molar-refractivity contribution in [2.45, 2.75) is 25.0 Å². The van der Waals surface area contributed by atoms with Crippen molar-refractivity contribution in [3.63, 3.8) is 0 Å². The van der Waals surface area contributed by atoms with Crippen molar-refractivity contribution in [2.24, 2.45) is 0 Å². The van der Waals surface area contributed by atoms with Crippen LogP contribution in [0.1, 0.15) is 12.8 Å². The molecule has 0 aliphatic carbocycles. The van der Waals surface area contributed by atoms with Gasteiger partial charge in [0.2, 0.25) is 0 Å². The first kappa shape index (κ1) is 9.40. The molecule has 1 N–H and O–H groups in total. The van der Waals surface area contributed by atoms with Crippen LogP contribution in [0.2, 0.25) is 0 Å². The Labute approximate surface area is 78.5 Å². The standard InChI is InChI=1S/C9H17NO3/c1-3-11-4-2-8(1)12-7-13-9-5-10-6-9/h8-10H,1-7H2. The van der Waals surface area contributed by atoms with E-state index in [4.69, 9.17) is 14.2 Å². The number of hydrogen-bond donors (Lipinski definition) is 1. The van der Waals surface area contributed by atoms with Gasteiger partial charge in [0.05, 0.1) is 12.2 Å². The SMILES string of the molecule is C1CC(OCOC2CNC2)CCO1. The Morgan fingerprint density at radius 1 is 1.08 bits per heavy atom. The number of rotatable bonds is 4. The van der Waals surface area contributed by atoms with E-state index in [1.54, 1.807) is 0 Å². The Morgan fingerprint density at radius 3 is 2.38 bits per heavy atom. The third-order valence-corrected chi connectivity index (χ3v) is 2.52. The fourth-order valence-corrected chi connectivity index (χ4v) is 1.45. The lowest BCUT2D eigenvalue weighted by Crippen LogP contribution is -2.48. The zero-order valence-electron chi connectivity index (χ0n) is 7.83. The molecular weight excluding hydrogens is 170 g/mol. The zero-order valence-corrected chi connectivity index (χ0v) is 7.83. The molecule has 0 saturated carbocycles. The summed E-state index contributed by atoms with van der Waals surface area (Å²) in [4.78, 5) is 0. The summed E-state index contributed by atoms with van der Waals surface area (Å²) < 4.78 is 16.2. The summed E-state index contributed by atoms with van der Waals surface area (Å²) >= 11 is 0. The van der Waals surface area contributed by atoms with Crippen molar-refractivity contribution in [3.05, 3.63) is 0 Å². The summed E-state index contributed by atoms with van der Waals surface area (Å²) in [7, 11) is 0. The van der Waals surface area contributed by atoms with Crippen LogP contribution < -0.4 is 5.32 Å². The van der Waals surface area contributed by atoms with E-state index < -0.39 is 0 Å². The van der Waals surface area contributed by atoms with Gasteiger partial charge in [0, 0.05) is 26.3 Å². The molecule has 2 fully saturated rings. The van der Waals surface area contributed by atoms with Crippen LogP contribution in [0.5, 0.6) is 0 Å². The smallest absolute Gasteiger partial charge is 0.147 e. The molecule has 0 unspecified atom stereocenters. The summed E-state index contributed by atoms with van der Waals surface area (Å²) in [5, 5.41) is 3.15. The van der Waals surface area contributed by atoms with Gasteiger partial charge in [-0.3, -0.25) is 0 Å². The molecule has 0 aromatic heterocycles. The van der Waals surface area contributed by atoms with E-state index in [-0.39, 0.29) is 0 Å². The van der Waals surface area contributed by atoms with E-state index in [0.717, 1.165) is 39.1 Å². The monoisotopic (exact) mass is 187 g/mol. The third-order valence-electron chi connectivity index (χ3n) is 2.52. The molecule has 0 amide bonds. The van der Waals surface area contributed by atoms with Crippen LogP contribution >= 0.6 is 0 Å². The molecule has 4 heteroatoms. The van der Waals surface area contributed by atoms with E-state index >= 15 is 0 Å². The Balaban J connectivity index is 1.50. The number of ether oxygens (including phenoxy) is 3. The molecule has 2 aliphatic heterocycles. The van der Waals surface area contributed by atoms with Crippen LogP contribution in [0.4, 0.5) is 0 Å². The maximum atomic E-state index is 5.56. The van der Waals surface area contributed by atoms with Gasteiger partial charge in [-0.25, -0.2) is 0 Å². The van der Waals surface area contributed by atoms with E-state index in [9.17, 15) is 0 Å². The first-order valence-corrected chi connectivity index (χ1v) is 4.97. The van der Waals surface area contributed by atoms with Gasteiger partial charge >= 0.3 is 0 Å². The highest BCUT2D eigenvalue weighted by Crippen LogP contribution is 2.10. The molecule has 2 aliphatic rings. The van der Waals surface area contributed by atoms with Gasteiger partial charge in [0.15, 0.2) is 0 Å². The Bertz CT molecular complexity index is 144. The third kappa shape index (κ3) is 2.91. The van der Waals surface area contributed by atoms with Gasteiger partial charge in [0.1, 0.15) is 6.79 Å². The summed E-state index contributed by atoms with van der Waals surface area (Å²) in [6, 6.07) is 0. The molecule has 2 heterocycles. The number of nitrogens with one attached hydrogen (secondary N) is 1. The lowest BCUT2D eigenvalue weighted by molar-refractivity contribution is -0.145. The van der Waals surface area contributed by atoms with Gasteiger partial charge in [0.25, 0.3) is 0 Å². The van der Waals surface area contributed by atoms with Crippen LogP contribution in [0.15, 0.2) is 0 Å². The molecule has 0 aromatic rings. The minimum atomic E-state index is 0.349. The minimum absolute atomic E-state index is 0.349. The molecule has 0 spiro atoms. The van der Waals surface area contributed by atoms with E-state index in [2.05, 4.69) is 5.32 Å². The quantitative estimate of drug-likeness (QED) is 0.635. The van der Waals surface area contributed by atoms with Crippen molar-refractivity contribution in [1.29, 1.82) is 0 Å². The minimum Gasteiger partial charge on any atom is -0.381 e. The second kappa shape index (κ2) is 4.91. The average molecular weight is 187 g/mol. The highest BCUT2D eigenvalue weighted by atomic mass is 16.7. The van der Waals surface area contributed by atoms with Gasteiger partial charge in [-0.2, -0.15) is 0 Å². The van der Waals surface area contributed by atoms with E-state index in [1.807, 2.05) is 0 Å². The summed E-state index contributed by atoms with van der Waals surface area (Å²) in [6.45, 7) is 4.04. The normalized spacial score (nSPS) is 25.8. The fourth-order valence-electron chi connectivity index (χ4n) is 1.45. The molecule has 0 bridgehead atoms.